The van der Waals surface area contributed by atoms with E-state index in [2.05, 4.69) is 50.5 Å². The lowest BCUT2D eigenvalue weighted by atomic mass is 9.86. The van der Waals surface area contributed by atoms with Crippen LogP contribution in [0.3, 0.4) is 0 Å². The van der Waals surface area contributed by atoms with E-state index in [9.17, 15) is 14.7 Å². The Labute approximate surface area is 323 Å². The first-order valence-electron chi connectivity index (χ1n) is 18.5. The average Bonchev–Trinajstić information content (AvgIpc) is 3.98. The number of fused-ring (bicyclic) bond motifs is 8. The van der Waals surface area contributed by atoms with Crippen LogP contribution in [0.4, 0.5) is 23.3 Å². The number of carboxylic acids is 1. The van der Waals surface area contributed by atoms with Crippen LogP contribution in [0.1, 0.15) is 62.4 Å². The second kappa shape index (κ2) is 13.8. The van der Waals surface area contributed by atoms with Gasteiger partial charge in [-0.15, -0.1) is 22.7 Å². The molecule has 16 heteroatoms. The number of pyridine rings is 2. The Hall–Kier alpha value is -5.74. The highest BCUT2D eigenvalue weighted by Gasteiger charge is 2.33. The van der Waals surface area contributed by atoms with E-state index in [1.54, 1.807) is 29.0 Å². The molecule has 3 aliphatic heterocycles. The maximum atomic E-state index is 12.7. The van der Waals surface area contributed by atoms with Gasteiger partial charge < -0.3 is 20.6 Å². The number of likely N-dealkylation sites (tertiary alicyclic amines) is 1. The first-order chi connectivity index (χ1) is 26.9. The van der Waals surface area contributed by atoms with Crippen molar-refractivity contribution in [1.82, 2.24) is 34.8 Å². The molecule has 0 saturated carbocycles. The van der Waals surface area contributed by atoms with Crippen LogP contribution in [-0.2, 0) is 48.4 Å². The zero-order valence-corrected chi connectivity index (χ0v) is 31.3. The van der Waals surface area contributed by atoms with Crippen molar-refractivity contribution < 1.29 is 14.7 Å². The Morgan fingerprint density at radius 1 is 0.709 bits per heavy atom. The average molecular weight is 770 g/mol. The summed E-state index contributed by atoms with van der Waals surface area (Å²) in [7, 11) is 0. The van der Waals surface area contributed by atoms with E-state index >= 15 is 0 Å². The summed E-state index contributed by atoms with van der Waals surface area (Å²) in [6.07, 6.45) is 16.3. The molecule has 2 atom stereocenters. The van der Waals surface area contributed by atoms with Crippen molar-refractivity contribution >= 4 is 90.7 Å². The fourth-order valence-electron chi connectivity index (χ4n) is 7.99. The molecule has 0 aromatic carbocycles. The highest BCUT2D eigenvalue weighted by atomic mass is 32.1. The summed E-state index contributed by atoms with van der Waals surface area (Å²) >= 11 is 3.27. The summed E-state index contributed by atoms with van der Waals surface area (Å²) in [5, 5.41) is 18.1. The van der Waals surface area contributed by atoms with Gasteiger partial charge in [-0.2, -0.15) is 0 Å². The topological polar surface area (TPSA) is 184 Å². The summed E-state index contributed by atoms with van der Waals surface area (Å²) in [5.74, 6) is 2.41. The molecule has 1 amide bonds. The Morgan fingerprint density at radius 2 is 1.24 bits per heavy atom. The molecule has 9 heterocycles. The van der Waals surface area contributed by atoms with Gasteiger partial charge in [-0.1, -0.05) is 0 Å². The summed E-state index contributed by atoms with van der Waals surface area (Å²) in [6, 6.07) is 3.99. The van der Waals surface area contributed by atoms with Crippen molar-refractivity contribution in [1.29, 1.82) is 0 Å². The van der Waals surface area contributed by atoms with Gasteiger partial charge in [0, 0.05) is 75.8 Å². The number of rotatable bonds is 6. The fraction of sp³-hybridized carbons (Fsp3) is 0.333. The highest BCUT2D eigenvalue weighted by Crippen LogP contribution is 2.42. The lowest BCUT2D eigenvalue weighted by Crippen LogP contribution is -2.46. The molecule has 3 N–H and O–H groups in total. The van der Waals surface area contributed by atoms with Crippen LogP contribution in [0.25, 0.3) is 20.4 Å². The van der Waals surface area contributed by atoms with Gasteiger partial charge in [0.15, 0.2) is 0 Å². The van der Waals surface area contributed by atoms with Gasteiger partial charge >= 0.3 is 5.97 Å². The number of aliphatic imine (C=N–C) groups is 2. The Kier molecular flexibility index (Phi) is 8.50. The lowest BCUT2D eigenvalue weighted by molar-refractivity contribution is -0.142. The number of nitrogens with one attached hydrogen (secondary N) is 2. The monoisotopic (exact) mass is 769 g/mol. The van der Waals surface area contributed by atoms with Gasteiger partial charge in [0.05, 0.1) is 29.8 Å². The van der Waals surface area contributed by atoms with Crippen LogP contribution in [0.15, 0.2) is 47.2 Å². The van der Waals surface area contributed by atoms with E-state index in [1.165, 1.54) is 22.3 Å². The molecule has 0 bridgehead atoms. The maximum absolute atomic E-state index is 12.7. The molecule has 55 heavy (non-hydrogen) atoms. The molecule has 276 valence electrons. The Balaban J connectivity index is 0.000000136. The second-order valence-electron chi connectivity index (χ2n) is 14.4. The number of nitrogens with zero attached hydrogens (tertiary/aromatic N) is 9. The van der Waals surface area contributed by atoms with E-state index in [0.29, 0.717) is 31.8 Å². The summed E-state index contributed by atoms with van der Waals surface area (Å²) in [5.41, 5.74) is 6.92. The van der Waals surface area contributed by atoms with Crippen LogP contribution in [0, 0.1) is 11.8 Å². The zero-order valence-electron chi connectivity index (χ0n) is 29.7. The van der Waals surface area contributed by atoms with Gasteiger partial charge in [0.1, 0.15) is 45.6 Å². The van der Waals surface area contributed by atoms with Gasteiger partial charge in [0.2, 0.25) is 5.91 Å². The number of aliphatic carboxylic acids is 1. The number of hydrogen-bond acceptors (Lipinski definition) is 14. The standard InChI is InChI=1S/C21H20N6OS.C18H15N5O2S/c28-21(27-4-1-5-27)12-2-3-15-16(6-12)29-20-18(15)19(24-11-25-20)26-17-7-13-8-22-9-14(13)10-23-17;24-18(25)9-1-2-12-13(3-9)26-17-15(12)16(21-8-22-17)23-14-4-10-5-19-6-11(10)7-20-14/h7-8,10-12H,1-6,9H2,(H,23,24,25,26);4-5,7-9H,1-3,6H2,(H,24,25)(H,20,21,22,23)/t12-;9-/m00/s1. The molecule has 5 aliphatic rings. The van der Waals surface area contributed by atoms with Gasteiger partial charge in [0.25, 0.3) is 0 Å². The van der Waals surface area contributed by atoms with Crippen LogP contribution in [0.5, 0.6) is 0 Å². The molecular formula is C39H35N11O3S2. The summed E-state index contributed by atoms with van der Waals surface area (Å²) in [6.45, 7) is 3.23. The number of aromatic nitrogens is 6. The molecule has 1 saturated heterocycles. The number of carbonyl (C=O) groups is 2. The van der Waals surface area contributed by atoms with Crippen LogP contribution in [0.2, 0.25) is 0 Å². The van der Waals surface area contributed by atoms with E-state index < -0.39 is 5.97 Å². The van der Waals surface area contributed by atoms with E-state index in [1.807, 2.05) is 41.9 Å². The minimum absolute atomic E-state index is 0.109. The van der Waals surface area contributed by atoms with E-state index in [4.69, 9.17) is 0 Å². The third kappa shape index (κ3) is 6.28. The normalized spacial score (nSPS) is 18.9. The summed E-state index contributed by atoms with van der Waals surface area (Å²) in [4.78, 5) is 65.6. The first kappa shape index (κ1) is 33.8. The molecule has 11 rings (SSSR count). The Bertz CT molecular complexity index is 2600. The molecule has 2 aliphatic carbocycles. The predicted molar refractivity (Wildman–Crippen MR) is 212 cm³/mol. The van der Waals surface area contributed by atoms with Gasteiger partial charge in [-0.25, -0.2) is 29.9 Å². The lowest BCUT2D eigenvalue weighted by Gasteiger charge is -2.35. The number of aryl methyl sites for hydroxylation is 2. The molecule has 1 fully saturated rings. The third-order valence-electron chi connectivity index (χ3n) is 11.1. The van der Waals surface area contributed by atoms with Crippen LogP contribution >= 0.6 is 22.7 Å². The number of thiophene rings is 2. The largest absolute Gasteiger partial charge is 0.481 e. The van der Waals surface area contributed by atoms with E-state index in [-0.39, 0.29) is 11.8 Å². The molecule has 0 unspecified atom stereocenters. The third-order valence-corrected chi connectivity index (χ3v) is 13.4. The number of hydrogen-bond donors (Lipinski definition) is 3. The number of carbonyl (C=O) groups excluding carboxylic acids is 1. The molecular weight excluding hydrogens is 735 g/mol. The quantitative estimate of drug-likeness (QED) is 0.179. The van der Waals surface area contributed by atoms with Crippen molar-refractivity contribution in [3.05, 3.63) is 80.3 Å². The molecule has 6 aromatic rings. The molecule has 0 radical (unpaired) electrons. The van der Waals surface area contributed by atoms with Crippen molar-refractivity contribution in [3.8, 4) is 0 Å². The molecule has 0 spiro atoms. The van der Waals surface area contributed by atoms with Gasteiger partial charge in [-0.05, 0) is 68.2 Å². The van der Waals surface area contributed by atoms with Crippen molar-refractivity contribution in [3.63, 3.8) is 0 Å². The van der Waals surface area contributed by atoms with Crippen molar-refractivity contribution in [2.75, 3.05) is 23.7 Å². The minimum Gasteiger partial charge on any atom is -0.481 e. The SMILES string of the molecule is O=C(O)[C@H]1CCc2c(sc3ncnc(Nc4cc5c(cn4)CN=C5)c23)C1.O=C([C@H]1CCc2c(sc3ncnc(Nc4cc5c(cn4)CN=C5)c23)C1)N1CCC1. The number of carboxylic acid groups (broad SMARTS) is 1. The highest BCUT2D eigenvalue weighted by molar-refractivity contribution is 7.19. The first-order valence-corrected chi connectivity index (χ1v) is 20.1. The number of anilines is 4. The number of amides is 1. The van der Waals surface area contributed by atoms with Crippen molar-refractivity contribution in [2.24, 2.45) is 21.8 Å². The minimum atomic E-state index is -0.721. The molecule has 14 nitrogen and oxygen atoms in total. The van der Waals surface area contributed by atoms with Crippen molar-refractivity contribution in [2.45, 2.75) is 58.0 Å². The molecule has 6 aromatic heterocycles. The van der Waals surface area contributed by atoms with Gasteiger partial charge in [-0.3, -0.25) is 19.6 Å². The Morgan fingerprint density at radius 3 is 1.75 bits per heavy atom. The van der Waals surface area contributed by atoms with E-state index in [0.717, 1.165) is 116 Å². The summed E-state index contributed by atoms with van der Waals surface area (Å²) < 4.78 is 0. The van der Waals surface area contributed by atoms with Crippen LogP contribution < -0.4 is 10.6 Å². The smallest absolute Gasteiger partial charge is 0.306 e. The second-order valence-corrected chi connectivity index (χ2v) is 16.6. The predicted octanol–water partition coefficient (Wildman–Crippen LogP) is 6.05. The zero-order chi connectivity index (χ0) is 37.0. The fourth-order valence-corrected chi connectivity index (χ4v) is 10.5. The van der Waals surface area contributed by atoms with Crippen LogP contribution in [-0.4, -0.2) is 77.3 Å². The maximum Gasteiger partial charge on any atom is 0.306 e.